The molecule has 1 aromatic heterocycles. The zero-order chi connectivity index (χ0) is 20.0. The quantitative estimate of drug-likeness (QED) is 0.668. The van der Waals surface area contributed by atoms with Gasteiger partial charge in [-0.05, 0) is 12.5 Å². The first-order chi connectivity index (χ1) is 13.3. The van der Waals surface area contributed by atoms with Gasteiger partial charge in [0, 0.05) is 52.9 Å². The maximum atomic E-state index is 14.3. The Balaban J connectivity index is 1.63. The molecule has 150 valence electrons. The van der Waals surface area contributed by atoms with Gasteiger partial charge in [0.15, 0.2) is 11.6 Å². The van der Waals surface area contributed by atoms with Gasteiger partial charge in [-0.2, -0.15) is 5.10 Å². The number of H-pyrrole nitrogens is 1. The number of aromatic nitrogens is 2. The van der Waals surface area contributed by atoms with Gasteiger partial charge in [-0.3, -0.25) is 14.2 Å². The number of carbonyl (C=O) groups is 1. The number of nitrogens with one attached hydrogen (secondary N) is 2. The van der Waals surface area contributed by atoms with Gasteiger partial charge in [-0.15, -0.1) is 0 Å². The number of nitrogens with zero attached hydrogens (tertiary/aromatic N) is 2. The van der Waals surface area contributed by atoms with Gasteiger partial charge in [0.2, 0.25) is 0 Å². The fraction of sp³-hybridized carbons (Fsp3) is 0.412. The lowest BCUT2D eigenvalue weighted by atomic mass is 9.97. The van der Waals surface area contributed by atoms with E-state index in [4.69, 9.17) is 0 Å². The van der Waals surface area contributed by atoms with Crippen LogP contribution in [0.3, 0.4) is 0 Å². The summed E-state index contributed by atoms with van der Waals surface area (Å²) < 4.78 is 54.6. The lowest BCUT2D eigenvalue weighted by Gasteiger charge is -2.39. The molecule has 0 bridgehead atoms. The number of halogens is 3. The van der Waals surface area contributed by atoms with Crippen molar-refractivity contribution in [1.29, 1.82) is 0 Å². The van der Waals surface area contributed by atoms with Crippen molar-refractivity contribution < 1.29 is 27.3 Å². The van der Waals surface area contributed by atoms with Crippen molar-refractivity contribution in [1.82, 2.24) is 20.4 Å². The highest BCUT2D eigenvalue weighted by Gasteiger charge is 2.42. The molecule has 2 aliphatic heterocycles. The molecule has 0 saturated carbocycles. The number of benzene rings is 1. The molecule has 1 fully saturated rings. The molecule has 3 N–H and O–H groups in total. The number of carboxylic acid groups (broad SMARTS) is 1. The number of amides is 1. The molecule has 4 atom stereocenters. The van der Waals surface area contributed by atoms with E-state index in [1.54, 1.807) is 6.20 Å². The summed E-state index contributed by atoms with van der Waals surface area (Å²) in [7, 11) is -1.75. The van der Waals surface area contributed by atoms with E-state index in [9.17, 15) is 27.3 Å². The van der Waals surface area contributed by atoms with Crippen molar-refractivity contribution in [3.05, 3.63) is 52.6 Å². The zero-order valence-corrected chi connectivity index (χ0v) is 15.3. The highest BCUT2D eigenvalue weighted by Crippen LogP contribution is 2.37. The third kappa shape index (κ3) is 3.39. The van der Waals surface area contributed by atoms with Crippen LogP contribution in [-0.2, 0) is 23.9 Å². The Labute approximate surface area is 160 Å². The molecule has 1 aromatic carbocycles. The van der Waals surface area contributed by atoms with Gasteiger partial charge in [0.05, 0.1) is 23.2 Å². The second kappa shape index (κ2) is 7.21. The highest BCUT2D eigenvalue weighted by atomic mass is 32.2. The highest BCUT2D eigenvalue weighted by molar-refractivity contribution is 7.85. The molecule has 1 saturated heterocycles. The molecular weight excluding hydrogens is 397 g/mol. The Morgan fingerprint density at radius 2 is 2.11 bits per heavy atom. The van der Waals surface area contributed by atoms with Crippen molar-refractivity contribution in [2.24, 2.45) is 0 Å². The maximum absolute atomic E-state index is 14.3. The van der Waals surface area contributed by atoms with Crippen LogP contribution >= 0.6 is 0 Å². The fourth-order valence-electron chi connectivity index (χ4n) is 4.00. The molecule has 0 radical (unpaired) electrons. The first-order valence-electron chi connectivity index (χ1n) is 8.59. The predicted molar refractivity (Wildman–Crippen MR) is 93.3 cm³/mol. The van der Waals surface area contributed by atoms with E-state index in [0.717, 1.165) is 17.3 Å². The molecule has 0 aliphatic carbocycles. The molecule has 2 aliphatic rings. The summed E-state index contributed by atoms with van der Waals surface area (Å²) in [5, 5.41) is 17.1. The monoisotopic (exact) mass is 414 g/mol. The zero-order valence-electron chi connectivity index (χ0n) is 14.5. The molecule has 2 aromatic rings. The van der Waals surface area contributed by atoms with Crippen LogP contribution in [0.2, 0.25) is 0 Å². The molecule has 3 heterocycles. The van der Waals surface area contributed by atoms with E-state index < -0.39 is 51.2 Å². The van der Waals surface area contributed by atoms with Crippen LogP contribution in [-0.4, -0.2) is 48.3 Å². The fourth-order valence-corrected chi connectivity index (χ4v) is 5.93. The van der Waals surface area contributed by atoms with Gasteiger partial charge >= 0.3 is 6.09 Å². The Morgan fingerprint density at radius 1 is 1.32 bits per heavy atom. The Kier molecular flexibility index (Phi) is 4.88. The number of hydrogen-bond acceptors (Lipinski definition) is 4. The number of aromatic amines is 1. The van der Waals surface area contributed by atoms with Gasteiger partial charge < -0.3 is 10.4 Å². The minimum Gasteiger partial charge on any atom is -0.465 e. The minimum atomic E-state index is -1.75. The lowest BCUT2D eigenvalue weighted by Crippen LogP contribution is -2.52. The molecule has 4 unspecified atom stereocenters. The van der Waals surface area contributed by atoms with Crippen LogP contribution in [0.4, 0.5) is 18.0 Å². The number of fused-ring (bicyclic) bond motifs is 1. The third-order valence-electron chi connectivity index (χ3n) is 5.23. The topological polar surface area (TPSA) is 98.3 Å². The smallest absolute Gasteiger partial charge is 0.404 e. The normalized spacial score (nSPS) is 27.5. The summed E-state index contributed by atoms with van der Waals surface area (Å²) >= 11 is 0. The van der Waals surface area contributed by atoms with Crippen molar-refractivity contribution in [2.45, 2.75) is 36.8 Å². The molecule has 11 heteroatoms. The van der Waals surface area contributed by atoms with Crippen molar-refractivity contribution in [2.75, 3.05) is 5.75 Å². The summed E-state index contributed by atoms with van der Waals surface area (Å²) in [6.07, 6.45) is 0.564. The summed E-state index contributed by atoms with van der Waals surface area (Å²) in [5.74, 6) is -3.57. The van der Waals surface area contributed by atoms with Gasteiger partial charge in [0.1, 0.15) is 5.82 Å². The molecule has 28 heavy (non-hydrogen) atoms. The van der Waals surface area contributed by atoms with Crippen LogP contribution in [0.25, 0.3) is 0 Å². The first kappa shape index (κ1) is 18.9. The first-order valence-corrected chi connectivity index (χ1v) is 9.98. The van der Waals surface area contributed by atoms with Crippen molar-refractivity contribution >= 4 is 16.9 Å². The Morgan fingerprint density at radius 3 is 2.82 bits per heavy atom. The van der Waals surface area contributed by atoms with Gasteiger partial charge in [-0.1, -0.05) is 0 Å². The third-order valence-corrected chi connectivity index (χ3v) is 7.09. The van der Waals surface area contributed by atoms with Crippen LogP contribution in [0, 0.1) is 17.5 Å². The maximum Gasteiger partial charge on any atom is 0.404 e. The summed E-state index contributed by atoms with van der Waals surface area (Å²) in [5.41, 5.74) is 1.53. The summed E-state index contributed by atoms with van der Waals surface area (Å²) in [6.45, 7) is 1.12. The standard InChI is InChI=1S/C17H17F3N4O3S/c18-9-1-11(15(20)12(19)2-9)16-13(22-17(25)26)3-10(7-28(16)27)24-5-8-4-21-23-14(8)6-24/h1-2,4,10,13,16,22H,3,5-7H2,(H,21,23)(H,25,26). The van der Waals surface area contributed by atoms with Crippen molar-refractivity contribution in [3.63, 3.8) is 0 Å². The van der Waals surface area contributed by atoms with E-state index >= 15 is 0 Å². The minimum absolute atomic E-state index is 0.137. The molecule has 0 spiro atoms. The van der Waals surface area contributed by atoms with E-state index in [0.29, 0.717) is 19.2 Å². The lowest BCUT2D eigenvalue weighted by molar-refractivity contribution is 0.166. The molecular formula is C17H17F3N4O3S. The van der Waals surface area contributed by atoms with Crippen LogP contribution in [0.15, 0.2) is 18.3 Å². The second-order valence-electron chi connectivity index (χ2n) is 6.98. The van der Waals surface area contributed by atoms with E-state index in [2.05, 4.69) is 15.5 Å². The van der Waals surface area contributed by atoms with E-state index in [1.807, 2.05) is 4.90 Å². The van der Waals surface area contributed by atoms with E-state index in [1.165, 1.54) is 0 Å². The average molecular weight is 414 g/mol. The summed E-state index contributed by atoms with van der Waals surface area (Å²) in [6, 6.07) is -0.00976. The second-order valence-corrected chi connectivity index (χ2v) is 8.59. The molecule has 7 nitrogen and oxygen atoms in total. The van der Waals surface area contributed by atoms with Crippen LogP contribution in [0.5, 0.6) is 0 Å². The largest absolute Gasteiger partial charge is 0.465 e. The number of hydrogen-bond donors (Lipinski definition) is 3. The molecule has 4 rings (SSSR count). The number of rotatable bonds is 3. The average Bonchev–Trinajstić information content (AvgIpc) is 3.19. The van der Waals surface area contributed by atoms with Crippen molar-refractivity contribution in [3.8, 4) is 0 Å². The predicted octanol–water partition coefficient (Wildman–Crippen LogP) is 2.04. The Bertz CT molecular complexity index is 933. The summed E-state index contributed by atoms with van der Waals surface area (Å²) in [4.78, 5) is 13.3. The Hall–Kier alpha value is -2.40. The SMILES string of the molecule is O=C(O)NC1CC(N2Cc3cn[nH]c3C2)CS(=O)C1c1cc(F)cc(F)c1F. The van der Waals surface area contributed by atoms with Gasteiger partial charge in [-0.25, -0.2) is 18.0 Å². The van der Waals surface area contributed by atoms with Crippen LogP contribution < -0.4 is 5.32 Å². The van der Waals surface area contributed by atoms with E-state index in [-0.39, 0.29) is 18.2 Å². The van der Waals surface area contributed by atoms with Crippen LogP contribution in [0.1, 0.15) is 28.5 Å². The molecule has 1 amide bonds. The van der Waals surface area contributed by atoms with Gasteiger partial charge in [0.25, 0.3) is 0 Å².